The van der Waals surface area contributed by atoms with E-state index in [-0.39, 0.29) is 23.0 Å². The van der Waals surface area contributed by atoms with Crippen LogP contribution in [0.4, 0.5) is 17.3 Å². The fourth-order valence-electron chi connectivity index (χ4n) is 4.86. The number of fused-ring (bicyclic) bond motifs is 4. The average molecular weight is 435 g/mol. The van der Waals surface area contributed by atoms with Crippen molar-refractivity contribution in [1.82, 2.24) is 24.9 Å². The Morgan fingerprint density at radius 1 is 1.12 bits per heavy atom. The highest BCUT2D eigenvalue weighted by Gasteiger charge is 2.47. The molecule has 0 aliphatic heterocycles. The zero-order valence-electron chi connectivity index (χ0n) is 18.6. The van der Waals surface area contributed by atoms with E-state index in [4.69, 9.17) is 5.73 Å². The van der Waals surface area contributed by atoms with Gasteiger partial charge in [-0.3, -0.25) is 4.79 Å². The molecule has 1 amide bonds. The van der Waals surface area contributed by atoms with Gasteiger partial charge in [-0.25, -0.2) is 14.5 Å². The molecule has 3 fully saturated rings. The molecular formula is C23H30N8O. The van der Waals surface area contributed by atoms with E-state index in [1.54, 1.807) is 16.9 Å². The highest BCUT2D eigenvalue weighted by Crippen LogP contribution is 2.45. The maximum atomic E-state index is 13.3. The van der Waals surface area contributed by atoms with E-state index in [9.17, 15) is 4.79 Å². The van der Waals surface area contributed by atoms with Crippen molar-refractivity contribution in [3.63, 3.8) is 0 Å². The molecule has 0 unspecified atom stereocenters. The maximum absolute atomic E-state index is 13.3. The lowest BCUT2D eigenvalue weighted by atomic mass is 9.62. The van der Waals surface area contributed by atoms with Crippen LogP contribution in [0.3, 0.4) is 0 Å². The molecule has 3 aromatic heterocycles. The number of nitrogens with two attached hydrogens (primary N) is 1. The minimum Gasteiger partial charge on any atom is -0.382 e. The van der Waals surface area contributed by atoms with E-state index in [2.05, 4.69) is 31.0 Å². The van der Waals surface area contributed by atoms with Crippen LogP contribution in [-0.4, -0.2) is 42.6 Å². The number of aromatic nitrogens is 4. The summed E-state index contributed by atoms with van der Waals surface area (Å²) in [5.41, 5.74) is 8.30. The first kappa shape index (κ1) is 20.7. The Balaban J connectivity index is 1.37. The maximum Gasteiger partial charge on any atom is 0.255 e. The predicted molar refractivity (Wildman–Crippen MR) is 124 cm³/mol. The summed E-state index contributed by atoms with van der Waals surface area (Å²) in [5.74, 6) is 1.19. The standard InChI is InChI=1S/C23H30N8O/c1-15(2)27-17-13-19(28-18-4-12-31-20(29-18)3-11-26-31)25-14-16(17)21(32)30-23-8-5-22(24,6-9-23)7-10-23/h3-4,11-15H,5-10,24H2,1-2H3,(H,30,32)(H2,25,27,28,29). The lowest BCUT2D eigenvalue weighted by molar-refractivity contribution is 0.0628. The van der Waals surface area contributed by atoms with Crippen molar-refractivity contribution < 1.29 is 4.79 Å². The van der Waals surface area contributed by atoms with E-state index in [1.807, 2.05) is 38.2 Å². The van der Waals surface area contributed by atoms with Crippen molar-refractivity contribution in [2.75, 3.05) is 10.6 Å². The van der Waals surface area contributed by atoms with Gasteiger partial charge in [-0.1, -0.05) is 0 Å². The van der Waals surface area contributed by atoms with E-state index in [0.29, 0.717) is 17.2 Å². The lowest BCUT2D eigenvalue weighted by Crippen LogP contribution is -2.61. The van der Waals surface area contributed by atoms with Crippen molar-refractivity contribution >= 4 is 28.9 Å². The third-order valence-electron chi connectivity index (χ3n) is 6.79. The number of nitrogens with zero attached hydrogens (tertiary/aromatic N) is 4. The Bertz CT molecular complexity index is 1130. The van der Waals surface area contributed by atoms with Crippen molar-refractivity contribution in [2.45, 2.75) is 69.5 Å². The second kappa shape index (κ2) is 7.74. The number of amides is 1. The van der Waals surface area contributed by atoms with Gasteiger partial charge in [-0.05, 0) is 58.4 Å². The van der Waals surface area contributed by atoms with Crippen LogP contribution in [0.1, 0.15) is 62.7 Å². The average Bonchev–Trinajstić information content (AvgIpc) is 3.22. The number of nitrogens with one attached hydrogen (secondary N) is 3. The SMILES string of the molecule is CC(C)Nc1cc(Nc2ccn3nccc3n2)ncc1C(=O)NC12CCC(N)(CC1)CC2. The number of hydrogen-bond donors (Lipinski definition) is 4. The number of hydrogen-bond acceptors (Lipinski definition) is 7. The van der Waals surface area contributed by atoms with Crippen LogP contribution in [0.2, 0.25) is 0 Å². The Morgan fingerprint density at radius 2 is 1.88 bits per heavy atom. The van der Waals surface area contributed by atoms with Gasteiger partial charge < -0.3 is 21.7 Å². The molecule has 32 heavy (non-hydrogen) atoms. The highest BCUT2D eigenvalue weighted by atomic mass is 16.1. The summed E-state index contributed by atoms with van der Waals surface area (Å²) in [6, 6.07) is 5.70. The number of carbonyl (C=O) groups excluding carboxylic acids is 1. The molecule has 2 bridgehead atoms. The first-order valence-corrected chi connectivity index (χ1v) is 11.3. The molecule has 0 atom stereocenters. The van der Waals surface area contributed by atoms with Crippen LogP contribution < -0.4 is 21.7 Å². The molecule has 3 aromatic rings. The normalized spacial score (nSPS) is 24.6. The summed E-state index contributed by atoms with van der Waals surface area (Å²) in [4.78, 5) is 22.3. The fourth-order valence-corrected chi connectivity index (χ4v) is 4.86. The van der Waals surface area contributed by atoms with E-state index in [0.717, 1.165) is 49.9 Å². The summed E-state index contributed by atoms with van der Waals surface area (Å²) < 4.78 is 1.70. The second-order valence-electron chi connectivity index (χ2n) is 9.58. The van der Waals surface area contributed by atoms with Gasteiger partial charge in [0.15, 0.2) is 5.65 Å². The van der Waals surface area contributed by atoms with Crippen LogP contribution in [0.25, 0.3) is 5.65 Å². The van der Waals surface area contributed by atoms with Crippen LogP contribution in [0.5, 0.6) is 0 Å². The lowest BCUT2D eigenvalue weighted by Gasteiger charge is -2.52. The van der Waals surface area contributed by atoms with Gasteiger partial charge >= 0.3 is 0 Å². The molecule has 6 rings (SSSR count). The molecule has 0 saturated heterocycles. The van der Waals surface area contributed by atoms with Crippen molar-refractivity contribution in [2.24, 2.45) is 5.73 Å². The number of anilines is 3. The summed E-state index contributed by atoms with van der Waals surface area (Å²) >= 11 is 0. The molecule has 168 valence electrons. The highest BCUT2D eigenvalue weighted by molar-refractivity contribution is 6.00. The molecular weight excluding hydrogens is 404 g/mol. The molecule has 9 heteroatoms. The van der Waals surface area contributed by atoms with Crippen molar-refractivity contribution in [1.29, 1.82) is 0 Å². The van der Waals surface area contributed by atoms with Gasteiger partial charge in [0.2, 0.25) is 0 Å². The van der Waals surface area contributed by atoms with Crippen molar-refractivity contribution in [3.05, 3.63) is 42.4 Å². The Labute approximate surface area is 187 Å². The third-order valence-corrected chi connectivity index (χ3v) is 6.79. The largest absolute Gasteiger partial charge is 0.382 e. The van der Waals surface area contributed by atoms with E-state index < -0.39 is 0 Å². The minimum absolute atomic E-state index is 0.0281. The molecule has 3 saturated carbocycles. The first-order valence-electron chi connectivity index (χ1n) is 11.3. The molecule has 0 aromatic carbocycles. The number of pyridine rings is 1. The summed E-state index contributed by atoms with van der Waals surface area (Å²) in [6.07, 6.45) is 10.9. The predicted octanol–water partition coefficient (Wildman–Crippen LogP) is 3.22. The molecule has 5 N–H and O–H groups in total. The second-order valence-corrected chi connectivity index (χ2v) is 9.58. The van der Waals surface area contributed by atoms with Crippen LogP contribution >= 0.6 is 0 Å². The summed E-state index contributed by atoms with van der Waals surface area (Å²) in [6.45, 7) is 4.10. The molecule has 3 aliphatic carbocycles. The fraction of sp³-hybridized carbons (Fsp3) is 0.478. The molecule has 3 heterocycles. The minimum atomic E-state index is -0.144. The van der Waals surface area contributed by atoms with Crippen LogP contribution in [0, 0.1) is 0 Å². The summed E-state index contributed by atoms with van der Waals surface area (Å²) in [7, 11) is 0. The van der Waals surface area contributed by atoms with Gasteiger partial charge in [0.1, 0.15) is 11.6 Å². The van der Waals surface area contributed by atoms with Gasteiger partial charge in [-0.15, -0.1) is 0 Å². The zero-order chi connectivity index (χ0) is 22.3. The van der Waals surface area contributed by atoms with Gasteiger partial charge in [0.05, 0.1) is 17.4 Å². The topological polar surface area (TPSA) is 122 Å². The Hall–Kier alpha value is -3.20. The number of carbonyl (C=O) groups is 1. The monoisotopic (exact) mass is 434 g/mol. The molecule has 9 nitrogen and oxygen atoms in total. The van der Waals surface area contributed by atoms with E-state index in [1.165, 1.54) is 0 Å². The smallest absolute Gasteiger partial charge is 0.255 e. The van der Waals surface area contributed by atoms with Gasteiger partial charge in [-0.2, -0.15) is 5.10 Å². The quantitative estimate of drug-likeness (QED) is 0.470. The number of rotatable bonds is 6. The van der Waals surface area contributed by atoms with Crippen molar-refractivity contribution in [3.8, 4) is 0 Å². The van der Waals surface area contributed by atoms with E-state index >= 15 is 0 Å². The zero-order valence-corrected chi connectivity index (χ0v) is 18.6. The van der Waals surface area contributed by atoms with Crippen LogP contribution in [0.15, 0.2) is 36.8 Å². The Morgan fingerprint density at radius 3 is 2.59 bits per heavy atom. The first-order chi connectivity index (χ1) is 15.3. The summed E-state index contributed by atoms with van der Waals surface area (Å²) in [5, 5.41) is 14.1. The molecule has 0 radical (unpaired) electrons. The molecule has 0 spiro atoms. The van der Waals surface area contributed by atoms with Gasteiger partial charge in [0.25, 0.3) is 5.91 Å². The molecule has 3 aliphatic rings. The third kappa shape index (κ3) is 4.00. The van der Waals surface area contributed by atoms with Crippen LogP contribution in [-0.2, 0) is 0 Å². The van der Waals surface area contributed by atoms with Gasteiger partial charge in [0, 0.05) is 41.6 Å². The Kier molecular flexibility index (Phi) is 5.00.